The zero-order valence-electron chi connectivity index (χ0n) is 47.0. The summed E-state index contributed by atoms with van der Waals surface area (Å²) in [6.45, 7) is 6.26. The minimum absolute atomic E-state index is 0.178. The summed E-state index contributed by atoms with van der Waals surface area (Å²) in [6, 6.07) is 64.4. The summed E-state index contributed by atoms with van der Waals surface area (Å²) in [6.07, 6.45) is 2.70. The smallest absolute Gasteiger partial charge is 0.294 e. The van der Waals surface area contributed by atoms with Crippen molar-refractivity contribution >= 4 is 111 Å². The molecular weight excluding hydrogens is 1120 g/mol. The maximum absolute atomic E-state index is 11.5. The Balaban J connectivity index is 0.000000166. The summed E-state index contributed by atoms with van der Waals surface area (Å²) in [7, 11) is -8.61. The Morgan fingerprint density at radius 1 is 0.267 bits per heavy atom. The summed E-state index contributed by atoms with van der Waals surface area (Å²) in [5, 5.41) is 0. The second-order valence-electron chi connectivity index (χ2n) is 20.3. The van der Waals surface area contributed by atoms with E-state index in [-0.39, 0.29) is 9.79 Å². The van der Waals surface area contributed by atoms with Gasteiger partial charge in [0.25, 0.3) is 20.2 Å². The van der Waals surface area contributed by atoms with Crippen molar-refractivity contribution in [3.05, 3.63) is 229 Å². The Kier molecular flexibility index (Phi) is 16.1. The van der Waals surface area contributed by atoms with Gasteiger partial charge < -0.3 is 19.6 Å². The number of para-hydroxylation sites is 8. The minimum atomic E-state index is -4.31. The van der Waals surface area contributed by atoms with Crippen LogP contribution in [0, 0.1) is 0 Å². The van der Waals surface area contributed by atoms with Gasteiger partial charge in [0.2, 0.25) is 0 Å². The molecule has 8 aromatic carbocycles. The van der Waals surface area contributed by atoms with Gasteiger partial charge in [0, 0.05) is 26.2 Å². The van der Waals surface area contributed by atoms with Crippen LogP contribution in [0.2, 0.25) is 0 Å². The summed E-state index contributed by atoms with van der Waals surface area (Å²) < 4.78 is 65.0. The number of benzene rings is 8. The van der Waals surface area contributed by atoms with Crippen molar-refractivity contribution in [2.45, 2.75) is 49.3 Å². The molecule has 18 nitrogen and oxygen atoms in total. The first-order chi connectivity index (χ1) is 41.9. The van der Waals surface area contributed by atoms with Crippen molar-refractivity contribution in [1.29, 1.82) is 0 Å². The number of hydrogen-bond donors (Lipinski definition) is 2. The predicted molar refractivity (Wildman–Crippen MR) is 338 cm³/mol. The van der Waals surface area contributed by atoms with E-state index in [0.717, 1.165) is 82.4 Å². The third-order valence-corrected chi connectivity index (χ3v) is 16.5. The maximum Gasteiger partial charge on any atom is 0.294 e. The van der Waals surface area contributed by atoms with Crippen LogP contribution in [0.5, 0.6) is 0 Å². The molecule has 0 radical (unpaired) electrons. The maximum atomic E-state index is 11.5. The quantitative estimate of drug-likeness (QED) is 0.0965. The molecule has 0 atom stereocenters. The molecule has 4 aromatic heterocycles. The number of fused-ring (bicyclic) bond motifs is 8. The van der Waals surface area contributed by atoms with Gasteiger partial charge in [0.05, 0.1) is 53.9 Å². The van der Waals surface area contributed by atoms with Crippen molar-refractivity contribution in [3.63, 3.8) is 0 Å². The number of rotatable bonds is 14. The van der Waals surface area contributed by atoms with E-state index in [9.17, 15) is 25.9 Å². The van der Waals surface area contributed by atoms with Gasteiger partial charge in [-0.2, -0.15) is 16.8 Å². The Bertz CT molecular complexity index is 4200. The second-order valence-corrected chi connectivity index (χ2v) is 23.1. The fraction of sp³-hybridized carbons (Fsp3) is 0.152. The van der Waals surface area contributed by atoms with Crippen LogP contribution >= 0.6 is 0 Å². The Hall–Kier alpha value is -9.86. The van der Waals surface area contributed by atoms with E-state index in [2.05, 4.69) is 70.5 Å². The first kappa shape index (κ1) is 56.6. The summed E-state index contributed by atoms with van der Waals surface area (Å²) in [5.41, 5.74) is 10.5. The van der Waals surface area contributed by atoms with Crippen LogP contribution < -0.4 is 19.6 Å². The lowest BCUT2D eigenvalue weighted by atomic mass is 10.1. The van der Waals surface area contributed by atoms with Crippen LogP contribution in [-0.4, -0.2) is 92.0 Å². The molecule has 2 aliphatic heterocycles. The topological polar surface area (TPSA) is 225 Å². The molecule has 0 saturated heterocycles. The van der Waals surface area contributed by atoms with Gasteiger partial charge in [0.1, 0.15) is 0 Å². The van der Waals surface area contributed by atoms with Crippen molar-refractivity contribution in [2.24, 2.45) is 0 Å². The van der Waals surface area contributed by atoms with Gasteiger partial charge in [-0.25, -0.2) is 39.9 Å². The molecule has 0 bridgehead atoms. The third-order valence-electron chi connectivity index (χ3n) is 14.8. The molecule has 2 N–H and O–H groups in total. The highest BCUT2D eigenvalue weighted by Gasteiger charge is 2.36. The molecule has 12 aromatic rings. The molecule has 430 valence electrons. The van der Waals surface area contributed by atoms with E-state index in [0.29, 0.717) is 71.3 Å². The van der Waals surface area contributed by atoms with Crippen molar-refractivity contribution in [2.75, 3.05) is 45.8 Å². The molecule has 20 heteroatoms. The molecule has 0 fully saturated rings. The summed E-state index contributed by atoms with van der Waals surface area (Å²) in [5.74, 6) is 5.60. The molecule has 2 aliphatic rings. The molecule has 0 aliphatic carbocycles. The van der Waals surface area contributed by atoms with Gasteiger partial charge in [0.15, 0.2) is 46.5 Å². The fourth-order valence-corrected chi connectivity index (χ4v) is 11.5. The van der Waals surface area contributed by atoms with Crippen LogP contribution in [0.15, 0.2) is 216 Å². The lowest BCUT2D eigenvalue weighted by Crippen LogP contribution is -2.35. The Labute approximate surface area is 497 Å². The van der Waals surface area contributed by atoms with Gasteiger partial charge in [-0.3, -0.25) is 9.11 Å². The van der Waals surface area contributed by atoms with Crippen LogP contribution in [0.3, 0.4) is 0 Å². The van der Waals surface area contributed by atoms with Crippen LogP contribution in [0.1, 0.15) is 36.1 Å². The van der Waals surface area contributed by atoms with E-state index in [1.54, 1.807) is 24.3 Å². The zero-order valence-corrected chi connectivity index (χ0v) is 48.6. The summed E-state index contributed by atoms with van der Waals surface area (Å²) in [4.78, 5) is 48.7. The van der Waals surface area contributed by atoms with Crippen LogP contribution in [0.25, 0.3) is 44.1 Å². The van der Waals surface area contributed by atoms with E-state index < -0.39 is 20.2 Å². The normalized spacial score (nSPS) is 12.7. The molecule has 0 amide bonds. The van der Waals surface area contributed by atoms with E-state index >= 15 is 0 Å². The van der Waals surface area contributed by atoms with Crippen LogP contribution in [0.4, 0.5) is 46.5 Å². The average molecular weight is 1180 g/mol. The molecule has 6 heterocycles. The van der Waals surface area contributed by atoms with E-state index in [1.165, 1.54) is 35.4 Å². The van der Waals surface area contributed by atoms with E-state index in [4.69, 9.17) is 39.9 Å². The lowest BCUT2D eigenvalue weighted by Gasteiger charge is -2.37. The molecule has 0 unspecified atom stereocenters. The number of aromatic nitrogens is 8. The Morgan fingerprint density at radius 2 is 0.442 bits per heavy atom. The average Bonchev–Trinajstić information content (AvgIpc) is 0.803. The van der Waals surface area contributed by atoms with Crippen molar-refractivity contribution in [3.8, 4) is 0 Å². The molecule has 0 saturated carbocycles. The molecular formula is C66H58N12O6S2. The highest BCUT2D eigenvalue weighted by Crippen LogP contribution is 2.47. The molecule has 0 spiro atoms. The van der Waals surface area contributed by atoms with Crippen LogP contribution in [-0.2, 0) is 45.9 Å². The second kappa shape index (κ2) is 24.4. The first-order valence-corrected chi connectivity index (χ1v) is 31.1. The van der Waals surface area contributed by atoms with Crippen molar-refractivity contribution < 1.29 is 25.9 Å². The highest BCUT2D eigenvalue weighted by molar-refractivity contribution is 7.86. The minimum Gasteiger partial charge on any atom is -0.304 e. The standard InChI is InChI=1S/C32H26N6O6S2.C32H26N6.C2H6/c39-45(40,41)23-13-9-21(10-14-23)17-19-37-29-30(34-26-6-2-1-5-25(26)33-29)38(20-18-22-11-15-24(16-12-22)46(42,43)44)32-31(37)35-27-7-3-4-8-28(27)36-32;1-3-11-23(12-4-1)19-21-37-29-31(35-27-17-9-7-15-25(27)33-29)38(22-20-24-13-5-2-6-14-24)32-30(37)34-26-16-8-10-18-28(26)36-32;1-2/h1-16H,17-20H2,(H,39,40,41)(H,42,43,44);1-18H,19-22H2;1-2H3. The zero-order chi connectivity index (χ0) is 59.4. The third kappa shape index (κ3) is 12.0. The number of hydrogen-bond acceptors (Lipinski definition) is 16. The van der Waals surface area contributed by atoms with Gasteiger partial charge >= 0.3 is 0 Å². The fourth-order valence-electron chi connectivity index (χ4n) is 10.5. The predicted octanol–water partition coefficient (Wildman–Crippen LogP) is 12.8. The first-order valence-electron chi connectivity index (χ1n) is 28.3. The summed E-state index contributed by atoms with van der Waals surface area (Å²) >= 11 is 0. The highest BCUT2D eigenvalue weighted by atomic mass is 32.2. The number of anilines is 8. The van der Waals surface area contributed by atoms with Gasteiger partial charge in [-0.15, -0.1) is 0 Å². The van der Waals surface area contributed by atoms with Crippen molar-refractivity contribution in [1.82, 2.24) is 39.9 Å². The monoisotopic (exact) mass is 1180 g/mol. The van der Waals surface area contributed by atoms with Gasteiger partial charge in [-0.1, -0.05) is 147 Å². The SMILES string of the molecule is CC.O=S(=O)(O)c1ccc(CCN2c3nc4ccccc4nc3N(CCc3ccc(S(=O)(=O)O)cc3)c3nc4ccccc4nc32)cc1.c1ccc(CCN2c3nc4ccccc4nc3N(CCc3ccccc3)c3nc4ccccc4nc32)cc1. The number of nitrogens with zero attached hydrogens (tertiary/aromatic N) is 12. The molecule has 86 heavy (non-hydrogen) atoms. The van der Waals surface area contributed by atoms with E-state index in [1.807, 2.05) is 121 Å². The molecule has 14 rings (SSSR count). The Morgan fingerprint density at radius 3 is 0.628 bits per heavy atom. The largest absolute Gasteiger partial charge is 0.304 e. The van der Waals surface area contributed by atoms with Gasteiger partial charge in [-0.05, 0) is 121 Å². The lowest BCUT2D eigenvalue weighted by molar-refractivity contribution is 0.481.